The van der Waals surface area contributed by atoms with Crippen LogP contribution in [-0.4, -0.2) is 58.9 Å². The van der Waals surface area contributed by atoms with Crippen LogP contribution in [0.1, 0.15) is 33.6 Å². The quantitative estimate of drug-likeness (QED) is 0.538. The number of fused-ring (bicyclic) bond motifs is 1. The van der Waals surface area contributed by atoms with Crippen LogP contribution in [0, 0.1) is 11.7 Å². The molecule has 2 aromatic heterocycles. The van der Waals surface area contributed by atoms with Crippen molar-refractivity contribution in [2.45, 2.75) is 44.1 Å². The molecule has 0 unspecified atom stereocenters. The van der Waals surface area contributed by atoms with Crippen molar-refractivity contribution in [2.24, 2.45) is 5.92 Å². The lowest BCUT2D eigenvalue weighted by Crippen LogP contribution is -2.39. The van der Waals surface area contributed by atoms with E-state index in [1.165, 1.54) is 12.1 Å². The van der Waals surface area contributed by atoms with Gasteiger partial charge in [0.1, 0.15) is 11.4 Å². The number of esters is 1. The molecule has 1 saturated heterocycles. The number of anilines is 3. The van der Waals surface area contributed by atoms with Crippen molar-refractivity contribution >= 4 is 38.9 Å². The molecule has 0 amide bonds. The summed E-state index contributed by atoms with van der Waals surface area (Å²) in [6.07, 6.45) is 5.54. The second-order valence-electron chi connectivity index (χ2n) is 9.30. The molecule has 0 bridgehead atoms. The van der Waals surface area contributed by atoms with E-state index in [9.17, 15) is 17.6 Å². The summed E-state index contributed by atoms with van der Waals surface area (Å²) in [6.45, 7) is 6.78. The second kappa shape index (κ2) is 8.82. The van der Waals surface area contributed by atoms with Gasteiger partial charge in [-0.1, -0.05) is 0 Å². The zero-order chi connectivity index (χ0) is 24.7. The minimum Gasteiger partial charge on any atom is -0.460 e. The molecule has 0 radical (unpaired) electrons. The summed E-state index contributed by atoms with van der Waals surface area (Å²) in [5.41, 5.74) is -0.0626. The van der Waals surface area contributed by atoms with Gasteiger partial charge in [0, 0.05) is 31.7 Å². The van der Waals surface area contributed by atoms with Crippen LogP contribution in [0.2, 0.25) is 0 Å². The van der Waals surface area contributed by atoms with Crippen LogP contribution >= 0.6 is 0 Å². The van der Waals surface area contributed by atoms with Crippen molar-refractivity contribution in [3.63, 3.8) is 0 Å². The summed E-state index contributed by atoms with van der Waals surface area (Å²) in [7, 11) is -3.52. The van der Waals surface area contributed by atoms with Gasteiger partial charge in [0.05, 0.1) is 16.5 Å². The molecule has 10 nitrogen and oxygen atoms in total. The van der Waals surface area contributed by atoms with E-state index >= 15 is 0 Å². The molecule has 12 heteroatoms. The number of ether oxygens (including phenoxy) is 1. The Labute approximate surface area is 197 Å². The Bertz CT molecular complexity index is 1330. The average molecular weight is 491 g/mol. The molecule has 1 aliphatic heterocycles. The third-order valence-electron chi connectivity index (χ3n) is 5.45. The third kappa shape index (κ3) is 5.11. The van der Waals surface area contributed by atoms with Crippen molar-refractivity contribution in [3.05, 3.63) is 36.4 Å². The predicted octanol–water partition coefficient (Wildman–Crippen LogP) is 2.97. The van der Waals surface area contributed by atoms with Gasteiger partial charge < -0.3 is 15.0 Å². The maximum Gasteiger partial charge on any atom is 0.309 e. The number of nitrogens with one attached hydrogen (secondary N) is 1. The number of sulfone groups is 1. The Hall–Kier alpha value is -3.28. The van der Waals surface area contributed by atoms with Gasteiger partial charge in [-0.2, -0.15) is 0 Å². The van der Waals surface area contributed by atoms with Crippen LogP contribution in [0.3, 0.4) is 0 Å². The molecule has 1 aliphatic rings. The summed E-state index contributed by atoms with van der Waals surface area (Å²) in [6, 6.07) is 3.63. The molecule has 0 aliphatic carbocycles. The Balaban J connectivity index is 1.51. The molecule has 4 rings (SSSR count). The van der Waals surface area contributed by atoms with Gasteiger partial charge in [-0.3, -0.25) is 9.20 Å². The van der Waals surface area contributed by atoms with E-state index in [0.29, 0.717) is 37.5 Å². The lowest BCUT2D eigenvalue weighted by Gasteiger charge is -2.32. The van der Waals surface area contributed by atoms with Crippen molar-refractivity contribution in [2.75, 3.05) is 29.6 Å². The van der Waals surface area contributed by atoms with Gasteiger partial charge >= 0.3 is 5.97 Å². The first kappa shape index (κ1) is 23.9. The highest BCUT2D eigenvalue weighted by molar-refractivity contribution is 7.90. The molecular formula is C22H27FN6O4S. The SMILES string of the molecule is CC(C)(C)OC(=O)C1CCN(c2nnc3c(Nc4ccc(S(C)(=O)=O)cc4F)nccn23)CC1. The Kier molecular flexibility index (Phi) is 6.19. The summed E-state index contributed by atoms with van der Waals surface area (Å²) in [5.74, 6) is -0.202. The number of benzene rings is 1. The Morgan fingerprint density at radius 2 is 1.91 bits per heavy atom. The largest absolute Gasteiger partial charge is 0.460 e. The molecular weight excluding hydrogens is 463 g/mol. The third-order valence-corrected chi connectivity index (χ3v) is 6.56. The highest BCUT2D eigenvalue weighted by Gasteiger charge is 2.30. The lowest BCUT2D eigenvalue weighted by molar-refractivity contribution is -0.160. The van der Waals surface area contributed by atoms with Crippen LogP contribution in [-0.2, 0) is 19.4 Å². The standard InChI is InChI=1S/C22H27FN6O4S/c1-22(2,3)33-20(30)14-7-10-28(11-8-14)21-27-26-19-18(24-9-12-29(19)21)25-17-6-5-15(13-16(17)23)34(4,31)32/h5-6,9,12-14H,7-8,10-11H2,1-4H3,(H,24,25). The lowest BCUT2D eigenvalue weighted by atomic mass is 9.97. The molecule has 1 N–H and O–H groups in total. The zero-order valence-electron chi connectivity index (χ0n) is 19.4. The summed E-state index contributed by atoms with van der Waals surface area (Å²) in [4.78, 5) is 18.6. The number of carbonyl (C=O) groups excluding carboxylic acids is 1. The minimum atomic E-state index is -3.52. The van der Waals surface area contributed by atoms with Crippen LogP contribution in [0.4, 0.5) is 21.8 Å². The van der Waals surface area contributed by atoms with Crippen LogP contribution < -0.4 is 10.2 Å². The topological polar surface area (TPSA) is 119 Å². The van der Waals surface area contributed by atoms with Crippen molar-refractivity contribution in [1.82, 2.24) is 19.6 Å². The van der Waals surface area contributed by atoms with Gasteiger partial charge in [-0.25, -0.2) is 17.8 Å². The van der Waals surface area contributed by atoms with Crippen LogP contribution in [0.5, 0.6) is 0 Å². The van der Waals surface area contributed by atoms with E-state index in [-0.39, 0.29) is 28.3 Å². The van der Waals surface area contributed by atoms with E-state index in [0.717, 1.165) is 12.3 Å². The Morgan fingerprint density at radius 1 is 1.21 bits per heavy atom. The summed E-state index contributed by atoms with van der Waals surface area (Å²) >= 11 is 0. The first-order valence-corrected chi connectivity index (χ1v) is 12.8. The predicted molar refractivity (Wildman–Crippen MR) is 124 cm³/mol. The second-order valence-corrected chi connectivity index (χ2v) is 11.3. The molecule has 1 fully saturated rings. The van der Waals surface area contributed by atoms with Crippen molar-refractivity contribution in [3.8, 4) is 0 Å². The van der Waals surface area contributed by atoms with Crippen LogP contribution in [0.25, 0.3) is 5.65 Å². The molecule has 3 heterocycles. The molecule has 0 saturated carbocycles. The van der Waals surface area contributed by atoms with E-state index < -0.39 is 21.3 Å². The monoisotopic (exact) mass is 490 g/mol. The normalized spacial score (nSPS) is 15.5. The van der Waals surface area contributed by atoms with Gasteiger partial charge in [0.2, 0.25) is 11.6 Å². The number of hydrogen-bond acceptors (Lipinski definition) is 9. The molecule has 1 aromatic carbocycles. The Morgan fingerprint density at radius 3 is 2.53 bits per heavy atom. The molecule has 0 spiro atoms. The maximum atomic E-state index is 14.5. The zero-order valence-corrected chi connectivity index (χ0v) is 20.3. The van der Waals surface area contributed by atoms with Crippen molar-refractivity contribution in [1.29, 1.82) is 0 Å². The highest BCUT2D eigenvalue weighted by Crippen LogP contribution is 2.28. The summed E-state index contributed by atoms with van der Waals surface area (Å²) in [5, 5.41) is 11.4. The number of aromatic nitrogens is 4. The fourth-order valence-electron chi connectivity index (χ4n) is 3.77. The fraction of sp³-hybridized carbons (Fsp3) is 0.455. The maximum absolute atomic E-state index is 14.5. The molecule has 34 heavy (non-hydrogen) atoms. The van der Waals surface area contributed by atoms with E-state index in [1.807, 2.05) is 25.7 Å². The number of piperidine rings is 1. The highest BCUT2D eigenvalue weighted by atomic mass is 32.2. The minimum absolute atomic E-state index is 0.0655. The first-order valence-electron chi connectivity index (χ1n) is 10.9. The van der Waals surface area contributed by atoms with Gasteiger partial charge in [-0.05, 0) is 51.8 Å². The molecule has 0 atom stereocenters. The number of hydrogen-bond donors (Lipinski definition) is 1. The molecule has 182 valence electrons. The van der Waals surface area contributed by atoms with Gasteiger partial charge in [-0.15, -0.1) is 10.2 Å². The van der Waals surface area contributed by atoms with E-state index in [4.69, 9.17) is 4.74 Å². The number of rotatable bonds is 5. The smallest absolute Gasteiger partial charge is 0.309 e. The number of carbonyl (C=O) groups is 1. The summed E-state index contributed by atoms with van der Waals surface area (Å²) < 4.78 is 45.1. The van der Waals surface area contributed by atoms with E-state index in [2.05, 4.69) is 20.5 Å². The van der Waals surface area contributed by atoms with Gasteiger partial charge in [0.25, 0.3) is 0 Å². The fourth-order valence-corrected chi connectivity index (χ4v) is 4.41. The van der Waals surface area contributed by atoms with Crippen molar-refractivity contribution < 1.29 is 22.3 Å². The number of nitrogens with zero attached hydrogens (tertiary/aromatic N) is 5. The van der Waals surface area contributed by atoms with Gasteiger partial charge in [0.15, 0.2) is 15.7 Å². The number of halogens is 1. The first-order chi connectivity index (χ1) is 15.9. The average Bonchev–Trinajstić information content (AvgIpc) is 3.18. The van der Waals surface area contributed by atoms with Crippen LogP contribution in [0.15, 0.2) is 35.5 Å². The molecule has 3 aromatic rings. The van der Waals surface area contributed by atoms with E-state index in [1.54, 1.807) is 16.8 Å².